The fourth-order valence-corrected chi connectivity index (χ4v) is 2.50. The molecular weight excluding hydrogens is 272 g/mol. The summed E-state index contributed by atoms with van der Waals surface area (Å²) in [4.78, 5) is 8.75. The van der Waals surface area contributed by atoms with Crippen molar-refractivity contribution in [3.63, 3.8) is 0 Å². The zero-order valence-corrected chi connectivity index (χ0v) is 11.8. The number of hydrogen-bond acceptors (Lipinski definition) is 4. The molecule has 4 rings (SSSR count). The van der Waals surface area contributed by atoms with Crippen LogP contribution in [0.3, 0.4) is 0 Å². The predicted octanol–water partition coefficient (Wildman–Crippen LogP) is 4.22. The summed E-state index contributed by atoms with van der Waals surface area (Å²) in [5.41, 5.74) is 10.3. The third kappa shape index (κ3) is 2.31. The number of para-hydroxylation sites is 1. The molecule has 0 radical (unpaired) electrons. The Kier molecular flexibility index (Phi) is 3.05. The fraction of sp³-hybridized carbons (Fsp3) is 0. The van der Waals surface area contributed by atoms with Gasteiger partial charge in [0.15, 0.2) is 0 Å². The number of aromatic nitrogens is 2. The van der Waals surface area contributed by atoms with E-state index in [1.54, 1.807) is 12.4 Å². The maximum Gasteiger partial charge on any atom is 0.0951 e. The van der Waals surface area contributed by atoms with Crippen LogP contribution in [-0.4, -0.2) is 9.97 Å². The van der Waals surface area contributed by atoms with E-state index in [-0.39, 0.29) is 0 Å². The lowest BCUT2D eigenvalue weighted by Crippen LogP contribution is -2.09. The van der Waals surface area contributed by atoms with Crippen LogP contribution in [0.15, 0.2) is 73.1 Å². The van der Waals surface area contributed by atoms with Crippen LogP contribution in [0, 0.1) is 0 Å². The molecule has 0 saturated carbocycles. The molecular formula is C18H14N4. The van der Waals surface area contributed by atoms with E-state index < -0.39 is 0 Å². The van der Waals surface area contributed by atoms with Gasteiger partial charge in [0, 0.05) is 23.2 Å². The van der Waals surface area contributed by atoms with E-state index in [9.17, 15) is 0 Å². The molecule has 0 amide bonds. The number of benzene rings is 2. The molecule has 0 saturated heterocycles. The molecule has 106 valence electrons. The molecule has 0 spiro atoms. The molecule has 4 nitrogen and oxygen atoms in total. The average Bonchev–Trinajstić information content (AvgIpc) is 2.60. The van der Waals surface area contributed by atoms with Gasteiger partial charge >= 0.3 is 0 Å². The number of rotatable bonds is 3. The molecule has 2 aromatic carbocycles. The SMILES string of the molecule is c1cnc2ccc(NNc3cccc4cccnc34)cc2c1. The van der Waals surface area contributed by atoms with Crippen LogP contribution in [0.4, 0.5) is 11.4 Å². The number of fused-ring (bicyclic) bond motifs is 2. The first-order valence-electron chi connectivity index (χ1n) is 7.11. The first kappa shape index (κ1) is 12.6. The maximum atomic E-state index is 4.43. The maximum absolute atomic E-state index is 4.43. The molecule has 0 unspecified atom stereocenters. The van der Waals surface area contributed by atoms with Gasteiger partial charge in [-0.25, -0.2) is 0 Å². The van der Waals surface area contributed by atoms with E-state index in [1.165, 1.54) is 0 Å². The van der Waals surface area contributed by atoms with Crippen molar-refractivity contribution in [1.82, 2.24) is 9.97 Å². The van der Waals surface area contributed by atoms with Gasteiger partial charge in [0.05, 0.1) is 22.4 Å². The molecule has 0 atom stereocenters. The van der Waals surface area contributed by atoms with E-state index in [2.05, 4.69) is 39.0 Å². The lowest BCUT2D eigenvalue weighted by atomic mass is 10.2. The lowest BCUT2D eigenvalue weighted by molar-refractivity contribution is 1.37. The topological polar surface area (TPSA) is 49.8 Å². The van der Waals surface area contributed by atoms with Crippen molar-refractivity contribution in [3.05, 3.63) is 73.1 Å². The number of nitrogens with zero attached hydrogens (tertiary/aromatic N) is 2. The summed E-state index contributed by atoms with van der Waals surface area (Å²) in [6, 6.07) is 20.1. The van der Waals surface area contributed by atoms with E-state index in [0.29, 0.717) is 0 Å². The van der Waals surface area contributed by atoms with Gasteiger partial charge in [0.1, 0.15) is 0 Å². The second-order valence-electron chi connectivity index (χ2n) is 5.04. The largest absolute Gasteiger partial charge is 0.301 e. The minimum absolute atomic E-state index is 0.944. The van der Waals surface area contributed by atoms with E-state index >= 15 is 0 Å². The van der Waals surface area contributed by atoms with Crippen LogP contribution in [0.1, 0.15) is 0 Å². The highest BCUT2D eigenvalue weighted by Gasteiger charge is 2.01. The monoisotopic (exact) mass is 286 g/mol. The third-order valence-electron chi connectivity index (χ3n) is 3.58. The van der Waals surface area contributed by atoms with E-state index in [0.717, 1.165) is 33.2 Å². The van der Waals surface area contributed by atoms with Crippen LogP contribution in [-0.2, 0) is 0 Å². The molecule has 0 aliphatic rings. The second-order valence-corrected chi connectivity index (χ2v) is 5.04. The number of anilines is 2. The van der Waals surface area contributed by atoms with Gasteiger partial charge in [-0.05, 0) is 36.4 Å². The van der Waals surface area contributed by atoms with Gasteiger partial charge in [-0.15, -0.1) is 0 Å². The molecule has 0 aliphatic carbocycles. The van der Waals surface area contributed by atoms with Gasteiger partial charge in [-0.2, -0.15) is 0 Å². The zero-order valence-electron chi connectivity index (χ0n) is 11.8. The van der Waals surface area contributed by atoms with Gasteiger partial charge in [-0.1, -0.05) is 24.3 Å². The third-order valence-corrected chi connectivity index (χ3v) is 3.58. The zero-order chi connectivity index (χ0) is 14.8. The number of nitrogens with one attached hydrogen (secondary N) is 2. The minimum atomic E-state index is 0.944. The van der Waals surface area contributed by atoms with Gasteiger partial charge < -0.3 is 5.43 Å². The molecule has 22 heavy (non-hydrogen) atoms. The Bertz CT molecular complexity index is 944. The normalized spacial score (nSPS) is 10.7. The van der Waals surface area contributed by atoms with Gasteiger partial charge in [-0.3, -0.25) is 15.4 Å². The Balaban J connectivity index is 1.63. The fourth-order valence-electron chi connectivity index (χ4n) is 2.50. The van der Waals surface area contributed by atoms with Crippen LogP contribution >= 0.6 is 0 Å². The Morgan fingerprint density at radius 1 is 0.682 bits per heavy atom. The summed E-state index contributed by atoms with van der Waals surface area (Å²) in [7, 11) is 0. The first-order chi connectivity index (χ1) is 10.9. The minimum Gasteiger partial charge on any atom is -0.301 e. The second kappa shape index (κ2) is 5.33. The summed E-state index contributed by atoms with van der Waals surface area (Å²) >= 11 is 0. The summed E-state index contributed by atoms with van der Waals surface area (Å²) in [6.45, 7) is 0. The Morgan fingerprint density at radius 3 is 2.45 bits per heavy atom. The predicted molar refractivity (Wildman–Crippen MR) is 90.7 cm³/mol. The summed E-state index contributed by atoms with van der Waals surface area (Å²) in [6.07, 6.45) is 3.60. The highest BCUT2D eigenvalue weighted by molar-refractivity contribution is 5.90. The molecule has 2 aromatic heterocycles. The van der Waals surface area contributed by atoms with Crippen molar-refractivity contribution in [1.29, 1.82) is 0 Å². The Hall–Kier alpha value is -3.14. The molecule has 2 N–H and O–H groups in total. The average molecular weight is 286 g/mol. The van der Waals surface area contributed by atoms with Crippen molar-refractivity contribution in [2.45, 2.75) is 0 Å². The Morgan fingerprint density at radius 2 is 1.50 bits per heavy atom. The van der Waals surface area contributed by atoms with Crippen molar-refractivity contribution in [3.8, 4) is 0 Å². The van der Waals surface area contributed by atoms with Gasteiger partial charge in [0.25, 0.3) is 0 Å². The van der Waals surface area contributed by atoms with E-state index in [1.807, 2.05) is 42.5 Å². The number of pyridine rings is 2. The quantitative estimate of drug-likeness (QED) is 0.554. The molecule has 4 aromatic rings. The van der Waals surface area contributed by atoms with Gasteiger partial charge in [0.2, 0.25) is 0 Å². The van der Waals surface area contributed by atoms with Crippen molar-refractivity contribution in [2.75, 3.05) is 10.9 Å². The Labute approximate surface area is 127 Å². The van der Waals surface area contributed by atoms with Crippen molar-refractivity contribution >= 4 is 33.2 Å². The molecule has 0 bridgehead atoms. The number of hydrogen-bond donors (Lipinski definition) is 2. The summed E-state index contributed by atoms with van der Waals surface area (Å²) in [5.74, 6) is 0. The first-order valence-corrected chi connectivity index (χ1v) is 7.11. The van der Waals surface area contributed by atoms with Crippen LogP contribution in [0.5, 0.6) is 0 Å². The molecule has 4 heteroatoms. The summed E-state index contributed by atoms with van der Waals surface area (Å²) in [5, 5.41) is 2.21. The number of hydrazine groups is 1. The van der Waals surface area contributed by atoms with Crippen molar-refractivity contribution in [2.24, 2.45) is 0 Å². The van der Waals surface area contributed by atoms with Crippen LogP contribution in [0.2, 0.25) is 0 Å². The lowest BCUT2D eigenvalue weighted by Gasteiger charge is -2.12. The molecule has 0 fully saturated rings. The van der Waals surface area contributed by atoms with Crippen molar-refractivity contribution < 1.29 is 0 Å². The smallest absolute Gasteiger partial charge is 0.0951 e. The van der Waals surface area contributed by atoms with E-state index in [4.69, 9.17) is 0 Å². The molecule has 2 heterocycles. The highest BCUT2D eigenvalue weighted by Crippen LogP contribution is 2.22. The summed E-state index contributed by atoms with van der Waals surface area (Å²) < 4.78 is 0. The standard InChI is InChI=1S/C18H14N4/c1-4-13-5-2-11-20-18(13)17(7-1)22-21-15-8-9-16-14(12-15)6-3-10-19-16/h1-12,21-22H. The van der Waals surface area contributed by atoms with Crippen LogP contribution in [0.25, 0.3) is 21.8 Å². The molecule has 0 aliphatic heterocycles. The van der Waals surface area contributed by atoms with Crippen LogP contribution < -0.4 is 10.9 Å². The highest BCUT2D eigenvalue weighted by atomic mass is 15.4.